The van der Waals surface area contributed by atoms with Gasteiger partial charge in [-0.2, -0.15) is 0 Å². The second-order valence-corrected chi connectivity index (χ2v) is 25.0. The summed E-state index contributed by atoms with van der Waals surface area (Å²) in [6.07, 6.45) is -11.3. The largest absolute Gasteiger partial charge is 0.509 e. The molecular formula is C64H81N5O19. The van der Waals surface area contributed by atoms with Gasteiger partial charge in [0.15, 0.2) is 11.4 Å². The zero-order valence-corrected chi connectivity index (χ0v) is 51.6. The number of anilines is 1. The molecule has 1 aliphatic heterocycles. The molecule has 3 unspecified atom stereocenters. The first-order valence-electron chi connectivity index (χ1n) is 29.3. The number of alkyl carbamates (subject to hydrolysis) is 1. The van der Waals surface area contributed by atoms with Crippen molar-refractivity contribution in [1.82, 2.24) is 16.0 Å². The molecule has 88 heavy (non-hydrogen) atoms. The summed E-state index contributed by atoms with van der Waals surface area (Å²) >= 11 is 0. The van der Waals surface area contributed by atoms with Gasteiger partial charge < -0.3 is 70.4 Å². The minimum Gasteiger partial charge on any atom is -0.455 e. The van der Waals surface area contributed by atoms with Crippen molar-refractivity contribution in [2.24, 2.45) is 34.3 Å². The summed E-state index contributed by atoms with van der Waals surface area (Å²) in [5.74, 6) is -8.98. The second kappa shape index (κ2) is 26.6. The lowest BCUT2D eigenvalue weighted by molar-refractivity contribution is -0.340. The van der Waals surface area contributed by atoms with Crippen LogP contribution in [0.15, 0.2) is 96.1 Å². The Morgan fingerprint density at radius 1 is 0.841 bits per heavy atom. The number of carbonyl (C=O) groups excluding carboxylic acids is 10. The number of hydrogen-bond acceptors (Lipinski definition) is 19. The summed E-state index contributed by atoms with van der Waals surface area (Å²) in [7, 11) is 0. The number of ketones is 1. The molecule has 0 spiro atoms. The molecule has 24 nitrogen and oxygen atoms in total. The number of rotatable bonds is 20. The minimum absolute atomic E-state index is 0.0646. The van der Waals surface area contributed by atoms with Crippen molar-refractivity contribution in [2.75, 3.05) is 11.9 Å². The molecule has 4 aliphatic rings. The molecule has 1 saturated heterocycles. The maximum Gasteiger partial charge on any atom is 0.509 e. The van der Waals surface area contributed by atoms with Crippen LogP contribution >= 0.6 is 0 Å². The standard InChI is InChI=1S/C64H81N5O19/c1-13-33(2)53(74)66-36(5)54(75)68-42(29-45(65)71)55(76)67-41-26-24-38(25-27-41)31-82-59(80)85-49(47(39-20-16-14-17-21-39)69-58(79)88-60(7,8)9)57(78)84-43-30-64(81)52(86-56(77)40-22-18-15-19-23-40)50-62(12,51(73)48(72)46(35(43)4)61(64,10)11)34(3)28-44-63(50,32-83-44)87-37(6)70/h14-27,33-34,36,42-44,47-50,52,72,81H,13,28-32H2,1-12H3,(H2,65,71)(H,66,74)(H,67,76)(H,68,75)(H,69,79)/t33-,34-,36+,42+,43?,44?,47-,48+,49?,50-,52-,62+,63-,64+/m0/s1. The van der Waals surface area contributed by atoms with Crippen LogP contribution in [0.2, 0.25) is 0 Å². The average Bonchev–Trinajstić information content (AvgIpc) is 0.678. The van der Waals surface area contributed by atoms with Crippen LogP contribution in [0.25, 0.3) is 0 Å². The van der Waals surface area contributed by atoms with Gasteiger partial charge in [-0.1, -0.05) is 102 Å². The van der Waals surface area contributed by atoms with E-state index in [4.69, 9.17) is 38.9 Å². The lowest BCUT2D eigenvalue weighted by Crippen LogP contribution is -2.80. The topological polar surface area (TPSA) is 350 Å². The number of ether oxygens (including phenoxy) is 7. The summed E-state index contributed by atoms with van der Waals surface area (Å²) in [5.41, 5.74) is -2.32. The Hall–Kier alpha value is -8.22. The highest BCUT2D eigenvalue weighted by molar-refractivity contribution is 6.00. The van der Waals surface area contributed by atoms with Crippen LogP contribution in [0.4, 0.5) is 15.3 Å². The fourth-order valence-corrected chi connectivity index (χ4v) is 12.5. The zero-order chi connectivity index (χ0) is 65.0. The molecule has 5 amide bonds. The van der Waals surface area contributed by atoms with E-state index in [1.54, 1.807) is 91.8 Å². The number of aliphatic hydroxyl groups excluding tert-OH is 1. The monoisotopic (exact) mass is 1220 g/mol. The Labute approximate surface area is 510 Å². The lowest BCUT2D eigenvalue weighted by atomic mass is 9.43. The van der Waals surface area contributed by atoms with Gasteiger partial charge in [-0.05, 0) is 99.9 Å². The van der Waals surface area contributed by atoms with Gasteiger partial charge in [-0.15, -0.1) is 0 Å². The highest BCUT2D eigenvalue weighted by Crippen LogP contribution is 2.65. The molecule has 0 radical (unpaired) electrons. The van der Waals surface area contributed by atoms with E-state index in [1.165, 1.54) is 69.3 Å². The van der Waals surface area contributed by atoms with Crippen molar-refractivity contribution < 1.29 is 91.3 Å². The molecule has 8 N–H and O–H groups in total. The summed E-state index contributed by atoms with van der Waals surface area (Å²) in [4.78, 5) is 137. The van der Waals surface area contributed by atoms with Gasteiger partial charge in [0, 0.05) is 35.8 Å². The van der Waals surface area contributed by atoms with Crippen molar-refractivity contribution in [3.05, 3.63) is 113 Å². The van der Waals surface area contributed by atoms with E-state index < -0.39 is 161 Å². The normalized spacial score (nSPS) is 26.9. The van der Waals surface area contributed by atoms with Gasteiger partial charge in [-0.3, -0.25) is 28.8 Å². The van der Waals surface area contributed by atoms with Crippen LogP contribution in [0.1, 0.15) is 136 Å². The van der Waals surface area contributed by atoms with Crippen LogP contribution in [0, 0.1) is 28.6 Å². The number of benzene rings is 3. The summed E-state index contributed by atoms with van der Waals surface area (Å²) in [6.45, 7) is 18.1. The molecule has 7 rings (SSSR count). The van der Waals surface area contributed by atoms with Crippen LogP contribution in [0.5, 0.6) is 0 Å². The molecule has 2 bridgehead atoms. The number of Topliss-reactive ketones (excluding diaryl/α,β-unsaturated/α-hetero) is 1. The van der Waals surface area contributed by atoms with Crippen molar-refractivity contribution in [2.45, 2.75) is 181 Å². The van der Waals surface area contributed by atoms with E-state index in [9.17, 15) is 48.6 Å². The van der Waals surface area contributed by atoms with Crippen molar-refractivity contribution in [3.8, 4) is 0 Å². The molecule has 3 aromatic rings. The van der Waals surface area contributed by atoms with Gasteiger partial charge in [-0.25, -0.2) is 19.2 Å². The first-order valence-corrected chi connectivity index (χ1v) is 29.3. The van der Waals surface area contributed by atoms with Crippen molar-refractivity contribution >= 4 is 65.3 Å². The SMILES string of the molecule is CC[C@H](C)C(=O)N[C@H](C)C(=O)N[C@H](CC(N)=O)C(=O)Nc1ccc(COC(=O)OC(C(=O)OC2C[C@@]3(O)[C@@H](OC(=O)c4ccccc4)[C@H]4[C@](C)(C(=O)[C@H](O)C(=C2C)C3(C)C)[C@@H](C)CC2OC[C@]24OC(C)=O)[C@@H](NC(=O)OC(C)(C)C)c2ccccc2)cc1. The molecule has 476 valence electrons. The first-order chi connectivity index (χ1) is 41.2. The van der Waals surface area contributed by atoms with Crippen molar-refractivity contribution in [1.29, 1.82) is 0 Å². The summed E-state index contributed by atoms with van der Waals surface area (Å²) in [6, 6.07) is 17.5. The molecule has 2 saturated carbocycles. The Kier molecular flexibility index (Phi) is 20.4. The molecule has 1 heterocycles. The predicted octanol–water partition coefficient (Wildman–Crippen LogP) is 5.75. The zero-order valence-electron chi connectivity index (χ0n) is 51.6. The van der Waals surface area contributed by atoms with Gasteiger partial charge in [0.05, 0.1) is 24.5 Å². The maximum absolute atomic E-state index is 15.5. The number of amides is 5. The average molecular weight is 1220 g/mol. The van der Waals surface area contributed by atoms with Gasteiger partial charge in [0.25, 0.3) is 0 Å². The fraction of sp³-hybridized carbons (Fsp3) is 0.531. The maximum atomic E-state index is 15.5. The van der Waals surface area contributed by atoms with Gasteiger partial charge in [0.2, 0.25) is 29.7 Å². The van der Waals surface area contributed by atoms with Gasteiger partial charge in [0.1, 0.15) is 60.4 Å². The molecule has 3 aliphatic carbocycles. The van der Waals surface area contributed by atoms with Crippen molar-refractivity contribution in [3.63, 3.8) is 0 Å². The third-order valence-corrected chi connectivity index (χ3v) is 17.7. The van der Waals surface area contributed by atoms with E-state index in [0.717, 1.165) is 0 Å². The summed E-state index contributed by atoms with van der Waals surface area (Å²) < 4.78 is 42.1. The number of hydrogen-bond donors (Lipinski definition) is 7. The van der Waals surface area contributed by atoms with Crippen LogP contribution in [0.3, 0.4) is 0 Å². The number of fused-ring (bicyclic) bond motifs is 5. The van der Waals surface area contributed by atoms with E-state index >= 15 is 9.59 Å². The second-order valence-electron chi connectivity index (χ2n) is 25.0. The van der Waals surface area contributed by atoms with E-state index in [-0.39, 0.29) is 52.8 Å². The number of primary amides is 1. The highest BCUT2D eigenvalue weighted by atomic mass is 16.7. The van der Waals surface area contributed by atoms with Crippen LogP contribution in [-0.4, -0.2) is 136 Å². The first kappa shape index (κ1) is 67.3. The number of carbonyl (C=O) groups is 10. The number of esters is 3. The molecular weight excluding hydrogens is 1140 g/mol. The van der Waals surface area contributed by atoms with Crippen LogP contribution < -0.4 is 27.0 Å². The highest BCUT2D eigenvalue weighted by Gasteiger charge is 2.77. The Balaban J connectivity index is 1.21. The molecule has 14 atom stereocenters. The molecule has 24 heteroatoms. The fourth-order valence-electron chi connectivity index (χ4n) is 12.5. The quantitative estimate of drug-likeness (QED) is 0.0402. The number of nitrogens with one attached hydrogen (secondary N) is 4. The number of aliphatic hydroxyl groups is 2. The Morgan fingerprint density at radius 3 is 2.03 bits per heavy atom. The molecule has 3 aromatic carbocycles. The van der Waals surface area contributed by atoms with Crippen LogP contribution in [-0.2, 0) is 73.3 Å². The van der Waals surface area contributed by atoms with E-state index in [0.29, 0.717) is 12.0 Å². The van der Waals surface area contributed by atoms with Gasteiger partial charge >= 0.3 is 30.2 Å². The van der Waals surface area contributed by atoms with E-state index in [1.807, 2.05) is 6.92 Å². The number of nitrogens with two attached hydrogens (primary N) is 1. The lowest BCUT2D eigenvalue weighted by Gasteiger charge is -2.68. The molecule has 3 fully saturated rings. The Bertz CT molecular complexity index is 3180. The smallest absolute Gasteiger partial charge is 0.455 e. The predicted molar refractivity (Wildman–Crippen MR) is 314 cm³/mol. The minimum atomic E-state index is -2.41. The third kappa shape index (κ3) is 14.0. The summed E-state index contributed by atoms with van der Waals surface area (Å²) in [5, 5.41) is 36.8. The molecule has 0 aromatic heterocycles. The Morgan fingerprint density at radius 2 is 1.47 bits per heavy atom. The third-order valence-electron chi connectivity index (χ3n) is 17.7. The van der Waals surface area contributed by atoms with E-state index in [2.05, 4.69) is 21.3 Å².